The maximum Gasteiger partial charge on any atom is 0.164 e. The van der Waals surface area contributed by atoms with Crippen molar-refractivity contribution in [1.29, 1.82) is 0 Å². The number of epoxide rings is 5. The van der Waals surface area contributed by atoms with Gasteiger partial charge in [0, 0.05) is 6.42 Å². The monoisotopic (exact) mass is 588 g/mol. The third-order valence-electron chi connectivity index (χ3n) is 7.63. The Balaban J connectivity index is 0.000000113. The van der Waals surface area contributed by atoms with E-state index in [1.165, 1.54) is 25.7 Å². The summed E-state index contributed by atoms with van der Waals surface area (Å²) >= 11 is 0. The van der Waals surface area contributed by atoms with Gasteiger partial charge in [0.15, 0.2) is 5.78 Å². The summed E-state index contributed by atoms with van der Waals surface area (Å²) in [5.74, 6) is 0.321. The normalized spacial score (nSPS) is 36.9. The number of Topliss-reactive ketones (excluding diaryl/α,β-unsaturated/α-hetero) is 1. The summed E-state index contributed by atoms with van der Waals surface area (Å²) in [7, 11) is 0. The molecule has 7 heterocycles. The van der Waals surface area contributed by atoms with Crippen molar-refractivity contribution in [3.63, 3.8) is 0 Å². The number of aliphatic hydroxyl groups excluding tert-OH is 1. The molecule has 8 rings (SSSR count). The van der Waals surface area contributed by atoms with Gasteiger partial charge in [-0.05, 0) is 38.5 Å². The van der Waals surface area contributed by atoms with E-state index in [2.05, 4.69) is 0 Å². The van der Waals surface area contributed by atoms with Crippen molar-refractivity contribution in [3.05, 3.63) is 0 Å². The Morgan fingerprint density at radius 2 is 1.10 bits per heavy atom. The summed E-state index contributed by atoms with van der Waals surface area (Å²) in [6.45, 7) is 7.79. The molecule has 6 atom stereocenters. The minimum absolute atomic E-state index is 0.0312. The highest BCUT2D eigenvalue weighted by Crippen LogP contribution is 2.34. The molecule has 0 radical (unpaired) electrons. The van der Waals surface area contributed by atoms with Gasteiger partial charge < -0.3 is 52.5 Å². The second kappa shape index (κ2) is 16.9. The predicted octanol–water partition coefficient (Wildman–Crippen LogP) is 0.830. The minimum atomic E-state index is -0.549. The lowest BCUT2D eigenvalue weighted by Gasteiger charge is -2.10. The van der Waals surface area contributed by atoms with Crippen LogP contribution in [0.15, 0.2) is 0 Å². The van der Waals surface area contributed by atoms with Crippen LogP contribution in [0.25, 0.3) is 0 Å². The molecule has 236 valence electrons. The summed E-state index contributed by atoms with van der Waals surface area (Å²) < 4.78 is 51.3. The van der Waals surface area contributed by atoms with Gasteiger partial charge >= 0.3 is 0 Å². The second-order valence-electron chi connectivity index (χ2n) is 11.7. The average molecular weight is 589 g/mol. The van der Waals surface area contributed by atoms with Crippen LogP contribution in [0.2, 0.25) is 0 Å². The first kappa shape index (κ1) is 31.6. The van der Waals surface area contributed by atoms with Crippen molar-refractivity contribution < 1.29 is 57.3 Å². The number of hydrogen-bond donors (Lipinski definition) is 1. The van der Waals surface area contributed by atoms with Crippen molar-refractivity contribution in [2.45, 2.75) is 99.9 Å². The zero-order valence-corrected chi connectivity index (χ0v) is 24.1. The van der Waals surface area contributed by atoms with Crippen LogP contribution in [0.4, 0.5) is 0 Å². The van der Waals surface area contributed by atoms with Gasteiger partial charge in [-0.1, -0.05) is 0 Å². The number of hydrogen-bond acceptors (Lipinski definition) is 12. The fourth-order valence-corrected chi connectivity index (χ4v) is 4.77. The molecule has 0 amide bonds. The lowest BCUT2D eigenvalue weighted by atomic mass is 10.00. The molecule has 12 nitrogen and oxygen atoms in total. The fourth-order valence-electron chi connectivity index (χ4n) is 4.77. The Morgan fingerprint density at radius 3 is 1.44 bits per heavy atom. The van der Waals surface area contributed by atoms with Crippen LogP contribution in [0.1, 0.15) is 44.9 Å². The summed E-state index contributed by atoms with van der Waals surface area (Å²) in [5, 5.41) is 9.38. The maximum absolute atomic E-state index is 10.7. The first-order chi connectivity index (χ1) is 20.1. The molecule has 12 heteroatoms. The number of carbonyl (C=O) groups is 1. The Hall–Kier alpha value is -0.770. The molecule has 7 saturated heterocycles. The largest absolute Gasteiger partial charge is 0.388 e. The number of aliphatic hydroxyl groups is 1. The highest BCUT2D eigenvalue weighted by Gasteiger charge is 2.46. The molecule has 0 aromatic carbocycles. The molecule has 1 saturated carbocycles. The van der Waals surface area contributed by atoms with E-state index in [-0.39, 0.29) is 18.3 Å². The number of ketones is 1. The highest BCUT2D eigenvalue weighted by molar-refractivity contribution is 5.86. The lowest BCUT2D eigenvalue weighted by Crippen LogP contribution is -2.23. The van der Waals surface area contributed by atoms with Crippen LogP contribution in [-0.2, 0) is 52.2 Å². The summed E-state index contributed by atoms with van der Waals surface area (Å²) in [6.07, 6.45) is 10.6. The van der Waals surface area contributed by atoms with E-state index in [1.807, 2.05) is 0 Å². The maximum atomic E-state index is 10.7. The molecule has 1 aliphatic carbocycles. The van der Waals surface area contributed by atoms with Gasteiger partial charge in [-0.25, -0.2) is 0 Å². The summed E-state index contributed by atoms with van der Waals surface area (Å²) in [6, 6.07) is 0. The van der Waals surface area contributed by atoms with Crippen LogP contribution >= 0.6 is 0 Å². The zero-order valence-electron chi connectivity index (χ0n) is 24.1. The second-order valence-corrected chi connectivity index (χ2v) is 11.7. The van der Waals surface area contributed by atoms with Crippen molar-refractivity contribution in [1.82, 2.24) is 0 Å². The molecule has 0 aromatic rings. The predicted molar refractivity (Wildman–Crippen MR) is 143 cm³/mol. The molecule has 2 bridgehead atoms. The standard InChI is InChI=1S/C9H16O5.C8H14O4.C6H8O2.C6H10O/c10-7(1-11-3-8-5-13-8)2-12-4-9-6-14-9;1(9-3-7-5-11-7)2-10-4-8-6-12-8;7-4-2-1-3-5-6(4)8-5;1-2-6-4-3-5(1)7-6/h7-10H,1-6H2;7-8H,1-6H2;5-6H,1-3H2;5-6H,1-4H2. The number of carbonyl (C=O) groups excluding carboxylic acids is 1. The van der Waals surface area contributed by atoms with Crippen LogP contribution in [-0.4, -0.2) is 145 Å². The smallest absolute Gasteiger partial charge is 0.164 e. The molecular formula is C29H48O12. The quantitative estimate of drug-likeness (QED) is 0.214. The van der Waals surface area contributed by atoms with Gasteiger partial charge in [0.25, 0.3) is 0 Å². The number of fused-ring (bicyclic) bond motifs is 3. The van der Waals surface area contributed by atoms with Gasteiger partial charge in [0.2, 0.25) is 0 Å². The highest BCUT2D eigenvalue weighted by atomic mass is 16.6. The van der Waals surface area contributed by atoms with Gasteiger partial charge in [-0.15, -0.1) is 0 Å². The first-order valence-corrected chi connectivity index (χ1v) is 15.4. The molecule has 0 spiro atoms. The minimum Gasteiger partial charge on any atom is -0.388 e. The van der Waals surface area contributed by atoms with Crippen LogP contribution in [0, 0.1) is 0 Å². The molecule has 1 N–H and O–H groups in total. The summed E-state index contributed by atoms with van der Waals surface area (Å²) in [4.78, 5) is 10.7. The van der Waals surface area contributed by atoms with Gasteiger partial charge in [0.1, 0.15) is 36.6 Å². The van der Waals surface area contributed by atoms with E-state index in [9.17, 15) is 9.90 Å². The third-order valence-corrected chi connectivity index (χ3v) is 7.63. The van der Waals surface area contributed by atoms with Crippen molar-refractivity contribution >= 4 is 5.78 Å². The molecule has 41 heavy (non-hydrogen) atoms. The van der Waals surface area contributed by atoms with Crippen molar-refractivity contribution in [2.75, 3.05) is 79.3 Å². The Morgan fingerprint density at radius 1 is 0.659 bits per heavy atom. The lowest BCUT2D eigenvalue weighted by molar-refractivity contribution is -0.120. The van der Waals surface area contributed by atoms with E-state index in [0.717, 1.165) is 45.7 Å². The zero-order chi connectivity index (χ0) is 28.3. The van der Waals surface area contributed by atoms with Crippen LogP contribution in [0.3, 0.4) is 0 Å². The van der Waals surface area contributed by atoms with E-state index < -0.39 is 6.10 Å². The van der Waals surface area contributed by atoms with Gasteiger partial charge in [0.05, 0.1) is 97.6 Å². The van der Waals surface area contributed by atoms with E-state index in [4.69, 9.17) is 47.4 Å². The molecule has 8 fully saturated rings. The molecule has 6 unspecified atom stereocenters. The Labute approximate surface area is 242 Å². The number of ether oxygens (including phenoxy) is 10. The summed E-state index contributed by atoms with van der Waals surface area (Å²) in [5.41, 5.74) is 0. The van der Waals surface area contributed by atoms with E-state index in [0.29, 0.717) is 89.2 Å². The average Bonchev–Trinajstić information content (AvgIpc) is 3.79. The Bertz CT molecular complexity index is 702. The topological polar surface area (TPSA) is 146 Å². The SMILES string of the molecule is C(COCC1CO1)OCC1CO1.C1CC2CCC1O2.O=C1CCCC2OC12.OC(COCC1CO1)COCC1CO1. The van der Waals surface area contributed by atoms with Crippen LogP contribution in [0.5, 0.6) is 0 Å². The molecule has 8 aliphatic rings. The van der Waals surface area contributed by atoms with Gasteiger partial charge in [-0.2, -0.15) is 0 Å². The Kier molecular flexibility index (Phi) is 13.1. The first-order valence-electron chi connectivity index (χ1n) is 15.4. The van der Waals surface area contributed by atoms with Crippen LogP contribution < -0.4 is 0 Å². The van der Waals surface area contributed by atoms with E-state index >= 15 is 0 Å². The molecule has 7 aliphatic heterocycles. The number of rotatable bonds is 15. The third kappa shape index (κ3) is 14.0. The van der Waals surface area contributed by atoms with E-state index in [1.54, 1.807) is 0 Å². The van der Waals surface area contributed by atoms with Gasteiger partial charge in [-0.3, -0.25) is 4.79 Å². The fraction of sp³-hybridized carbons (Fsp3) is 0.966. The van der Waals surface area contributed by atoms with Crippen molar-refractivity contribution in [3.8, 4) is 0 Å². The molecular weight excluding hydrogens is 540 g/mol. The van der Waals surface area contributed by atoms with Crippen molar-refractivity contribution in [2.24, 2.45) is 0 Å². The molecule has 0 aromatic heterocycles.